The quantitative estimate of drug-likeness (QED) is 0.531. The fraction of sp³-hybridized carbons (Fsp3) is 0.188. The second-order valence-electron chi connectivity index (χ2n) is 4.97. The summed E-state index contributed by atoms with van der Waals surface area (Å²) in [5.74, 6) is 0.154. The third-order valence-corrected chi connectivity index (χ3v) is 4.81. The number of aromatic hydroxyl groups is 1. The van der Waals surface area contributed by atoms with E-state index in [2.05, 4.69) is 15.3 Å². The topological polar surface area (TPSA) is 84.3 Å². The van der Waals surface area contributed by atoms with E-state index in [4.69, 9.17) is 16.3 Å². The summed E-state index contributed by atoms with van der Waals surface area (Å²) in [4.78, 5) is 21.7. The van der Waals surface area contributed by atoms with Gasteiger partial charge in [-0.15, -0.1) is 11.3 Å². The van der Waals surface area contributed by atoms with Gasteiger partial charge in [0.05, 0.1) is 17.7 Å². The Labute approximate surface area is 147 Å². The Bertz CT molecular complexity index is 926. The predicted octanol–water partition coefficient (Wildman–Crippen LogP) is 4.28. The van der Waals surface area contributed by atoms with E-state index in [0.717, 1.165) is 5.56 Å². The molecule has 0 aliphatic heterocycles. The standard InChI is InChI=1S/C16H14ClN3O3S/c1-3-23-16(22)13-8(2)12-14(18-7-19-15(12)24-13)20-10-6-9(17)4-5-11(10)21/h4-7,21H,3H2,1-2H3,(H,18,19,20). The maximum Gasteiger partial charge on any atom is 0.348 e. The van der Waals surface area contributed by atoms with Crippen molar-refractivity contribution in [2.75, 3.05) is 11.9 Å². The highest BCUT2D eigenvalue weighted by atomic mass is 35.5. The molecular weight excluding hydrogens is 350 g/mol. The number of carbonyl (C=O) groups is 1. The lowest BCUT2D eigenvalue weighted by Crippen LogP contribution is -2.03. The first-order valence-corrected chi connectivity index (χ1v) is 8.37. The number of hydrogen-bond donors (Lipinski definition) is 2. The minimum absolute atomic E-state index is 0.0460. The van der Waals surface area contributed by atoms with Gasteiger partial charge in [0.15, 0.2) is 0 Å². The number of anilines is 2. The summed E-state index contributed by atoms with van der Waals surface area (Å²) in [7, 11) is 0. The lowest BCUT2D eigenvalue weighted by molar-refractivity contribution is 0.0531. The molecule has 3 aromatic rings. The van der Waals surface area contributed by atoms with Gasteiger partial charge in [-0.25, -0.2) is 14.8 Å². The fourth-order valence-electron chi connectivity index (χ4n) is 2.29. The van der Waals surface area contributed by atoms with Crippen LogP contribution in [0.1, 0.15) is 22.2 Å². The van der Waals surface area contributed by atoms with Crippen LogP contribution in [0.2, 0.25) is 5.02 Å². The van der Waals surface area contributed by atoms with Crippen LogP contribution < -0.4 is 5.32 Å². The number of nitrogens with zero attached hydrogens (tertiary/aromatic N) is 2. The molecule has 24 heavy (non-hydrogen) atoms. The van der Waals surface area contributed by atoms with Gasteiger partial charge in [-0.3, -0.25) is 0 Å². The van der Waals surface area contributed by atoms with Gasteiger partial charge in [-0.1, -0.05) is 11.6 Å². The molecule has 0 atom stereocenters. The number of phenols is 1. The van der Waals surface area contributed by atoms with Gasteiger partial charge in [0.25, 0.3) is 0 Å². The smallest absolute Gasteiger partial charge is 0.348 e. The largest absolute Gasteiger partial charge is 0.506 e. The molecule has 6 nitrogen and oxygen atoms in total. The van der Waals surface area contributed by atoms with E-state index in [0.29, 0.717) is 38.2 Å². The molecule has 2 N–H and O–H groups in total. The molecule has 2 aromatic heterocycles. The van der Waals surface area contributed by atoms with E-state index in [1.165, 1.54) is 23.7 Å². The Morgan fingerprint density at radius 2 is 2.21 bits per heavy atom. The SMILES string of the molecule is CCOC(=O)c1sc2ncnc(Nc3cc(Cl)ccc3O)c2c1C. The lowest BCUT2D eigenvalue weighted by atomic mass is 10.2. The molecule has 2 heterocycles. The minimum Gasteiger partial charge on any atom is -0.506 e. The van der Waals surface area contributed by atoms with Crippen LogP contribution in [0.15, 0.2) is 24.5 Å². The number of hydrogen-bond acceptors (Lipinski definition) is 7. The van der Waals surface area contributed by atoms with Crippen molar-refractivity contribution in [3.8, 4) is 5.75 Å². The van der Waals surface area contributed by atoms with Crippen LogP contribution in [0.4, 0.5) is 11.5 Å². The molecule has 0 spiro atoms. The zero-order valence-electron chi connectivity index (χ0n) is 13.0. The maximum atomic E-state index is 12.1. The fourth-order valence-corrected chi connectivity index (χ4v) is 3.51. The number of halogens is 1. The van der Waals surface area contributed by atoms with E-state index in [9.17, 15) is 9.90 Å². The van der Waals surface area contributed by atoms with E-state index in [-0.39, 0.29) is 11.7 Å². The van der Waals surface area contributed by atoms with Gasteiger partial charge < -0.3 is 15.2 Å². The number of fused-ring (bicyclic) bond motifs is 1. The number of aryl methyl sites for hydroxylation is 1. The summed E-state index contributed by atoms with van der Waals surface area (Å²) in [5.41, 5.74) is 1.16. The monoisotopic (exact) mass is 363 g/mol. The van der Waals surface area contributed by atoms with Gasteiger partial charge >= 0.3 is 5.97 Å². The number of esters is 1. The van der Waals surface area contributed by atoms with E-state index in [1.807, 2.05) is 6.92 Å². The van der Waals surface area contributed by atoms with Crippen LogP contribution in [-0.4, -0.2) is 27.7 Å². The molecule has 0 unspecified atom stereocenters. The number of rotatable bonds is 4. The molecule has 0 aliphatic rings. The zero-order chi connectivity index (χ0) is 17.3. The van der Waals surface area contributed by atoms with Crippen molar-refractivity contribution >= 4 is 50.6 Å². The zero-order valence-corrected chi connectivity index (χ0v) is 14.5. The van der Waals surface area contributed by atoms with Crippen molar-refractivity contribution in [1.82, 2.24) is 9.97 Å². The van der Waals surface area contributed by atoms with E-state index >= 15 is 0 Å². The van der Waals surface area contributed by atoms with E-state index < -0.39 is 0 Å². The Morgan fingerprint density at radius 3 is 2.96 bits per heavy atom. The molecule has 124 valence electrons. The maximum absolute atomic E-state index is 12.1. The molecule has 0 saturated carbocycles. The van der Waals surface area contributed by atoms with Crippen LogP contribution >= 0.6 is 22.9 Å². The van der Waals surface area contributed by atoms with Gasteiger partial charge in [-0.05, 0) is 37.6 Å². The molecule has 3 rings (SSSR count). The molecule has 0 fully saturated rings. The lowest BCUT2D eigenvalue weighted by Gasteiger charge is -2.09. The van der Waals surface area contributed by atoms with Crippen molar-refractivity contribution in [3.63, 3.8) is 0 Å². The highest BCUT2D eigenvalue weighted by Gasteiger charge is 2.20. The van der Waals surface area contributed by atoms with Gasteiger partial charge in [0, 0.05) is 5.02 Å². The summed E-state index contributed by atoms with van der Waals surface area (Å²) in [6, 6.07) is 4.68. The van der Waals surface area contributed by atoms with Crippen molar-refractivity contribution in [2.24, 2.45) is 0 Å². The molecule has 1 aromatic carbocycles. The summed E-state index contributed by atoms with van der Waals surface area (Å²) in [6.07, 6.45) is 1.40. The van der Waals surface area contributed by atoms with Crippen LogP contribution in [0.3, 0.4) is 0 Å². The molecule has 0 aliphatic carbocycles. The number of thiophene rings is 1. The Kier molecular flexibility index (Phi) is 4.55. The Balaban J connectivity index is 2.09. The average Bonchev–Trinajstić information content (AvgIpc) is 2.89. The molecular formula is C16H14ClN3O3S. The van der Waals surface area contributed by atoms with Gasteiger partial charge in [0.1, 0.15) is 27.6 Å². The number of phenolic OH excluding ortho intramolecular Hbond substituents is 1. The number of benzene rings is 1. The molecule has 0 radical (unpaired) electrons. The molecule has 8 heteroatoms. The van der Waals surface area contributed by atoms with Crippen molar-refractivity contribution < 1.29 is 14.6 Å². The Morgan fingerprint density at radius 1 is 1.42 bits per heavy atom. The normalized spacial score (nSPS) is 10.8. The van der Waals surface area contributed by atoms with Crippen LogP contribution in [-0.2, 0) is 4.74 Å². The Hall–Kier alpha value is -2.38. The minimum atomic E-state index is -0.380. The number of nitrogens with one attached hydrogen (secondary N) is 1. The van der Waals surface area contributed by atoms with Crippen molar-refractivity contribution in [1.29, 1.82) is 0 Å². The number of aromatic nitrogens is 2. The third kappa shape index (κ3) is 3.00. The van der Waals surface area contributed by atoms with Gasteiger partial charge in [0.2, 0.25) is 0 Å². The number of ether oxygens (including phenoxy) is 1. The molecule has 0 amide bonds. The first-order chi connectivity index (χ1) is 11.5. The molecule has 0 bridgehead atoms. The molecule has 0 saturated heterocycles. The van der Waals surface area contributed by atoms with Gasteiger partial charge in [-0.2, -0.15) is 0 Å². The van der Waals surface area contributed by atoms with E-state index in [1.54, 1.807) is 19.1 Å². The highest BCUT2D eigenvalue weighted by molar-refractivity contribution is 7.20. The number of carbonyl (C=O) groups excluding carboxylic acids is 1. The summed E-state index contributed by atoms with van der Waals surface area (Å²) in [5, 5.41) is 14.2. The summed E-state index contributed by atoms with van der Waals surface area (Å²) >= 11 is 7.22. The van der Waals surface area contributed by atoms with Crippen LogP contribution in [0, 0.1) is 6.92 Å². The summed E-state index contributed by atoms with van der Waals surface area (Å²) in [6.45, 7) is 3.88. The third-order valence-electron chi connectivity index (χ3n) is 3.40. The van der Waals surface area contributed by atoms with Crippen LogP contribution in [0.5, 0.6) is 5.75 Å². The second kappa shape index (κ2) is 6.62. The second-order valence-corrected chi connectivity index (χ2v) is 6.40. The van der Waals surface area contributed by atoms with Crippen molar-refractivity contribution in [3.05, 3.63) is 40.0 Å². The highest BCUT2D eigenvalue weighted by Crippen LogP contribution is 2.36. The summed E-state index contributed by atoms with van der Waals surface area (Å²) < 4.78 is 5.08. The van der Waals surface area contributed by atoms with Crippen LogP contribution in [0.25, 0.3) is 10.2 Å². The average molecular weight is 364 g/mol. The predicted molar refractivity (Wildman–Crippen MR) is 94.5 cm³/mol. The van der Waals surface area contributed by atoms with Crippen molar-refractivity contribution in [2.45, 2.75) is 13.8 Å². The first kappa shape index (κ1) is 16.5. The first-order valence-electron chi connectivity index (χ1n) is 7.18.